The molecule has 0 aliphatic carbocycles. The first-order valence-corrected chi connectivity index (χ1v) is 19.6. The number of hydrogen-bond acceptors (Lipinski definition) is 4. The molecular formula is C51H32N4S. The van der Waals surface area contributed by atoms with E-state index in [1.54, 1.807) is 0 Å². The first-order valence-electron chi connectivity index (χ1n) is 18.8. The Morgan fingerprint density at radius 2 is 0.750 bits per heavy atom. The normalized spacial score (nSPS) is 11.6. The van der Waals surface area contributed by atoms with Crippen LogP contribution in [0.3, 0.4) is 0 Å². The van der Waals surface area contributed by atoms with Crippen LogP contribution >= 0.6 is 11.3 Å². The monoisotopic (exact) mass is 732 g/mol. The van der Waals surface area contributed by atoms with Crippen molar-refractivity contribution < 1.29 is 0 Å². The number of fused-ring (bicyclic) bond motifs is 6. The van der Waals surface area contributed by atoms with E-state index in [1.807, 2.05) is 41.7 Å². The van der Waals surface area contributed by atoms with Crippen molar-refractivity contribution in [1.82, 2.24) is 19.5 Å². The van der Waals surface area contributed by atoms with Gasteiger partial charge < -0.3 is 4.57 Å². The van der Waals surface area contributed by atoms with Crippen molar-refractivity contribution >= 4 is 53.3 Å². The molecule has 0 saturated heterocycles. The molecule has 0 unspecified atom stereocenters. The molecule has 0 amide bonds. The highest BCUT2D eigenvalue weighted by atomic mass is 32.1. The van der Waals surface area contributed by atoms with E-state index in [0.29, 0.717) is 17.5 Å². The lowest BCUT2D eigenvalue weighted by atomic mass is 10.0. The number of aromatic nitrogens is 4. The van der Waals surface area contributed by atoms with E-state index in [9.17, 15) is 0 Å². The lowest BCUT2D eigenvalue weighted by Crippen LogP contribution is -2.00. The molecule has 0 aliphatic heterocycles. The van der Waals surface area contributed by atoms with Gasteiger partial charge in [-0.1, -0.05) is 146 Å². The molecule has 0 atom stereocenters. The van der Waals surface area contributed by atoms with Crippen LogP contribution in [0.5, 0.6) is 0 Å². The Balaban J connectivity index is 0.951. The molecule has 0 fully saturated rings. The topological polar surface area (TPSA) is 43.6 Å². The predicted molar refractivity (Wildman–Crippen MR) is 234 cm³/mol. The fourth-order valence-electron chi connectivity index (χ4n) is 7.89. The zero-order chi connectivity index (χ0) is 37.0. The molecule has 0 radical (unpaired) electrons. The molecule has 8 aromatic carbocycles. The van der Waals surface area contributed by atoms with Gasteiger partial charge in [0, 0.05) is 53.3 Å². The average Bonchev–Trinajstić information content (AvgIpc) is 3.82. The van der Waals surface area contributed by atoms with Gasteiger partial charge >= 0.3 is 0 Å². The number of rotatable bonds is 6. The summed E-state index contributed by atoms with van der Waals surface area (Å²) < 4.78 is 4.97. The van der Waals surface area contributed by atoms with Crippen molar-refractivity contribution in [2.45, 2.75) is 0 Å². The number of para-hydroxylation sites is 2. The smallest absolute Gasteiger partial charge is 0.164 e. The van der Waals surface area contributed by atoms with Crippen LogP contribution in [0.25, 0.3) is 104 Å². The van der Waals surface area contributed by atoms with Crippen LogP contribution in [0.4, 0.5) is 0 Å². The van der Waals surface area contributed by atoms with Crippen LogP contribution in [0.2, 0.25) is 0 Å². The van der Waals surface area contributed by atoms with E-state index in [0.717, 1.165) is 39.1 Å². The molecule has 0 saturated carbocycles. The first-order chi connectivity index (χ1) is 27.7. The first kappa shape index (κ1) is 32.2. The summed E-state index contributed by atoms with van der Waals surface area (Å²) >= 11 is 1.84. The van der Waals surface area contributed by atoms with Gasteiger partial charge in [-0.15, -0.1) is 11.3 Å². The van der Waals surface area contributed by atoms with Gasteiger partial charge in [-0.25, -0.2) is 15.0 Å². The van der Waals surface area contributed by atoms with Crippen LogP contribution in [-0.2, 0) is 0 Å². The maximum atomic E-state index is 5.06. The largest absolute Gasteiger partial charge is 0.309 e. The van der Waals surface area contributed by atoms with Crippen molar-refractivity contribution in [2.24, 2.45) is 0 Å². The molecule has 11 rings (SSSR count). The number of nitrogens with zero attached hydrogens (tertiary/aromatic N) is 4. The standard InChI is InChI=1S/C51H32N4S/c1-3-11-35(12-4-1)49-52-50(54-51(53-49)37-25-21-34(22-26-37)39-28-30-48-44(32-39)42-16-8-10-18-47(42)56-48)36-23-19-33(20-24-36)38-27-29-46-43(31-38)41-15-7-9-17-45(41)55(46)40-13-5-2-6-14-40/h1-32H. The third kappa shape index (κ3) is 5.56. The molecule has 11 aromatic rings. The second kappa shape index (κ2) is 13.3. The summed E-state index contributed by atoms with van der Waals surface area (Å²) in [6.45, 7) is 0. The second-order valence-corrected chi connectivity index (χ2v) is 15.1. The summed E-state index contributed by atoms with van der Waals surface area (Å²) in [6.07, 6.45) is 0. The average molecular weight is 733 g/mol. The maximum absolute atomic E-state index is 5.06. The Morgan fingerprint density at radius 3 is 1.41 bits per heavy atom. The molecule has 3 aromatic heterocycles. The van der Waals surface area contributed by atoms with Crippen LogP contribution < -0.4 is 0 Å². The molecule has 4 nitrogen and oxygen atoms in total. The van der Waals surface area contributed by atoms with E-state index < -0.39 is 0 Å². The zero-order valence-corrected chi connectivity index (χ0v) is 31.0. The van der Waals surface area contributed by atoms with Gasteiger partial charge in [-0.05, 0) is 70.8 Å². The molecule has 262 valence electrons. The summed E-state index contributed by atoms with van der Waals surface area (Å²) in [6, 6.07) is 68.7. The molecule has 0 aliphatic rings. The van der Waals surface area contributed by atoms with E-state index in [1.165, 1.54) is 47.5 Å². The Bertz CT molecular complexity index is 3220. The van der Waals surface area contributed by atoms with Gasteiger partial charge in [-0.3, -0.25) is 0 Å². The summed E-state index contributed by atoms with van der Waals surface area (Å²) in [5.74, 6) is 1.93. The van der Waals surface area contributed by atoms with Crippen LogP contribution in [0, 0.1) is 0 Å². The SMILES string of the molecule is c1ccc(-c2nc(-c3ccc(-c4ccc5sc6ccccc6c5c4)cc3)nc(-c3ccc(-c4ccc5c(c4)c4ccccc4n5-c4ccccc4)cc3)n2)cc1. The second-order valence-electron chi connectivity index (χ2n) is 14.1. The summed E-state index contributed by atoms with van der Waals surface area (Å²) in [4.78, 5) is 15.0. The van der Waals surface area contributed by atoms with Gasteiger partial charge in [0.2, 0.25) is 0 Å². The van der Waals surface area contributed by atoms with Gasteiger partial charge in [0.05, 0.1) is 11.0 Å². The quantitative estimate of drug-likeness (QED) is 0.171. The van der Waals surface area contributed by atoms with E-state index in [4.69, 9.17) is 15.0 Å². The van der Waals surface area contributed by atoms with E-state index in [2.05, 4.69) is 168 Å². The van der Waals surface area contributed by atoms with Crippen molar-refractivity contribution in [2.75, 3.05) is 0 Å². The Kier molecular flexibility index (Phi) is 7.64. The molecule has 5 heteroatoms. The highest BCUT2D eigenvalue weighted by Gasteiger charge is 2.16. The zero-order valence-electron chi connectivity index (χ0n) is 30.2. The maximum Gasteiger partial charge on any atom is 0.164 e. The minimum Gasteiger partial charge on any atom is -0.309 e. The molecule has 56 heavy (non-hydrogen) atoms. The fourth-order valence-corrected chi connectivity index (χ4v) is 8.97. The van der Waals surface area contributed by atoms with Gasteiger partial charge in [0.15, 0.2) is 17.5 Å². The van der Waals surface area contributed by atoms with Gasteiger partial charge in [0.1, 0.15) is 0 Å². The lowest BCUT2D eigenvalue weighted by molar-refractivity contribution is 1.07. The van der Waals surface area contributed by atoms with Crippen molar-refractivity contribution in [3.05, 3.63) is 194 Å². The minimum atomic E-state index is 0.639. The number of benzene rings is 8. The highest BCUT2D eigenvalue weighted by Crippen LogP contribution is 2.38. The number of hydrogen-bond donors (Lipinski definition) is 0. The lowest BCUT2D eigenvalue weighted by Gasteiger charge is -2.10. The summed E-state index contributed by atoms with van der Waals surface area (Å²) in [5.41, 5.74) is 11.0. The molecular weight excluding hydrogens is 701 g/mol. The number of thiophene rings is 1. The Labute approximate surface area is 327 Å². The predicted octanol–water partition coefficient (Wildman–Crippen LogP) is 13.7. The Hall–Kier alpha value is -7.21. The van der Waals surface area contributed by atoms with Gasteiger partial charge in [0.25, 0.3) is 0 Å². The molecule has 0 spiro atoms. The summed E-state index contributed by atoms with van der Waals surface area (Å²) in [7, 11) is 0. The van der Waals surface area contributed by atoms with Crippen molar-refractivity contribution in [1.29, 1.82) is 0 Å². The van der Waals surface area contributed by atoms with E-state index in [-0.39, 0.29) is 0 Å². The van der Waals surface area contributed by atoms with Crippen molar-refractivity contribution in [3.8, 4) is 62.1 Å². The highest BCUT2D eigenvalue weighted by molar-refractivity contribution is 7.25. The van der Waals surface area contributed by atoms with Gasteiger partial charge in [-0.2, -0.15) is 0 Å². The third-order valence-corrected chi connectivity index (χ3v) is 11.8. The van der Waals surface area contributed by atoms with Crippen LogP contribution in [0.1, 0.15) is 0 Å². The molecule has 0 bridgehead atoms. The third-order valence-electron chi connectivity index (χ3n) is 10.7. The van der Waals surface area contributed by atoms with Crippen LogP contribution in [0.15, 0.2) is 194 Å². The molecule has 0 N–H and O–H groups in total. The summed E-state index contributed by atoms with van der Waals surface area (Å²) in [5, 5.41) is 5.07. The molecule has 3 heterocycles. The fraction of sp³-hybridized carbons (Fsp3) is 0. The Morgan fingerprint density at radius 1 is 0.304 bits per heavy atom. The van der Waals surface area contributed by atoms with E-state index >= 15 is 0 Å². The van der Waals surface area contributed by atoms with Crippen molar-refractivity contribution in [3.63, 3.8) is 0 Å². The minimum absolute atomic E-state index is 0.639. The van der Waals surface area contributed by atoms with Crippen LogP contribution in [-0.4, -0.2) is 19.5 Å².